The highest BCUT2D eigenvalue weighted by molar-refractivity contribution is 7.89. The second-order valence-electron chi connectivity index (χ2n) is 8.65. The molecular weight excluding hydrogens is 440 g/mol. The number of nitrogens with one attached hydrogen (secondary N) is 2. The third kappa shape index (κ3) is 5.34. The number of sulfonamides is 1. The van der Waals surface area contributed by atoms with E-state index >= 15 is 0 Å². The first kappa shape index (κ1) is 23.6. The molecule has 9 nitrogen and oxygen atoms in total. The van der Waals surface area contributed by atoms with Gasteiger partial charge in [-0.1, -0.05) is 25.5 Å². The molecule has 0 unspecified atom stereocenters. The molecule has 0 bridgehead atoms. The van der Waals surface area contributed by atoms with Crippen LogP contribution >= 0.6 is 0 Å². The van der Waals surface area contributed by atoms with Gasteiger partial charge in [-0.15, -0.1) is 0 Å². The molecule has 10 heteroatoms. The molecule has 0 amide bonds. The molecule has 0 aliphatic heterocycles. The predicted molar refractivity (Wildman–Crippen MR) is 128 cm³/mol. The Morgan fingerprint density at radius 1 is 1.15 bits per heavy atom. The first-order valence-electron chi connectivity index (χ1n) is 11.6. The SMILES string of the molecule is CCCCNc1ncc2c(-c3ccc(S(=O)(=O)NC)cc3)nn(C[C@H]3CC[C@H](O)CC3)c2n1. The van der Waals surface area contributed by atoms with Crippen molar-refractivity contribution in [1.82, 2.24) is 24.5 Å². The van der Waals surface area contributed by atoms with Crippen molar-refractivity contribution < 1.29 is 13.5 Å². The van der Waals surface area contributed by atoms with E-state index in [4.69, 9.17) is 10.1 Å². The molecule has 33 heavy (non-hydrogen) atoms. The van der Waals surface area contributed by atoms with Gasteiger partial charge in [0.05, 0.1) is 16.4 Å². The molecule has 0 saturated heterocycles. The Labute approximate surface area is 194 Å². The lowest BCUT2D eigenvalue weighted by Crippen LogP contribution is -2.22. The van der Waals surface area contributed by atoms with Gasteiger partial charge in [-0.2, -0.15) is 10.1 Å². The Morgan fingerprint density at radius 3 is 2.55 bits per heavy atom. The van der Waals surface area contributed by atoms with Crippen molar-refractivity contribution in [2.45, 2.75) is 63.0 Å². The van der Waals surface area contributed by atoms with Crippen molar-refractivity contribution in [3.63, 3.8) is 0 Å². The summed E-state index contributed by atoms with van der Waals surface area (Å²) in [5.41, 5.74) is 2.30. The lowest BCUT2D eigenvalue weighted by atomic mass is 9.87. The van der Waals surface area contributed by atoms with Gasteiger partial charge in [-0.25, -0.2) is 22.8 Å². The number of aromatic nitrogens is 4. The first-order valence-corrected chi connectivity index (χ1v) is 13.1. The largest absolute Gasteiger partial charge is 0.393 e. The number of aliphatic hydroxyl groups excluding tert-OH is 1. The molecule has 1 aliphatic rings. The van der Waals surface area contributed by atoms with E-state index in [2.05, 4.69) is 21.9 Å². The normalized spacial score (nSPS) is 19.1. The topological polar surface area (TPSA) is 122 Å². The first-order chi connectivity index (χ1) is 15.9. The highest BCUT2D eigenvalue weighted by Crippen LogP contribution is 2.31. The van der Waals surface area contributed by atoms with Gasteiger partial charge in [0.2, 0.25) is 16.0 Å². The Bertz CT molecular complexity index is 1180. The molecule has 1 fully saturated rings. The second-order valence-corrected chi connectivity index (χ2v) is 10.5. The van der Waals surface area contributed by atoms with E-state index < -0.39 is 10.0 Å². The van der Waals surface area contributed by atoms with Gasteiger partial charge >= 0.3 is 0 Å². The minimum Gasteiger partial charge on any atom is -0.393 e. The average molecular weight is 473 g/mol. The molecule has 2 aromatic heterocycles. The van der Waals surface area contributed by atoms with Crippen molar-refractivity contribution in [1.29, 1.82) is 0 Å². The molecule has 0 radical (unpaired) electrons. The minimum atomic E-state index is -3.50. The summed E-state index contributed by atoms with van der Waals surface area (Å²) in [6.45, 7) is 3.67. The molecule has 3 N–H and O–H groups in total. The highest BCUT2D eigenvalue weighted by atomic mass is 32.2. The van der Waals surface area contributed by atoms with Crippen molar-refractivity contribution in [3.8, 4) is 11.3 Å². The number of rotatable bonds is 9. The second kappa shape index (κ2) is 10.1. The lowest BCUT2D eigenvalue weighted by molar-refractivity contribution is 0.103. The summed E-state index contributed by atoms with van der Waals surface area (Å²) in [6, 6.07) is 6.69. The number of nitrogens with zero attached hydrogens (tertiary/aromatic N) is 4. The van der Waals surface area contributed by atoms with E-state index in [0.29, 0.717) is 11.9 Å². The predicted octanol–water partition coefficient (Wildman–Crippen LogP) is 3.16. The Balaban J connectivity index is 1.70. The molecule has 178 valence electrons. The Hall–Kier alpha value is -2.56. The maximum Gasteiger partial charge on any atom is 0.240 e. The van der Waals surface area contributed by atoms with Crippen LogP contribution in [0.3, 0.4) is 0 Å². The van der Waals surface area contributed by atoms with Crippen molar-refractivity contribution in [2.24, 2.45) is 5.92 Å². The zero-order chi connectivity index (χ0) is 23.4. The van der Waals surface area contributed by atoms with Gasteiger partial charge < -0.3 is 10.4 Å². The van der Waals surface area contributed by atoms with E-state index in [1.807, 2.05) is 4.68 Å². The Kier molecular flexibility index (Phi) is 7.26. The molecule has 3 aromatic rings. The summed E-state index contributed by atoms with van der Waals surface area (Å²) >= 11 is 0. The van der Waals surface area contributed by atoms with Crippen molar-refractivity contribution in [2.75, 3.05) is 18.9 Å². The van der Waals surface area contributed by atoms with Crippen LogP contribution in [0.15, 0.2) is 35.4 Å². The van der Waals surface area contributed by atoms with Crippen LogP contribution in [0.1, 0.15) is 45.4 Å². The third-order valence-electron chi connectivity index (χ3n) is 6.26. The molecule has 4 rings (SSSR count). The molecule has 1 aromatic carbocycles. The summed E-state index contributed by atoms with van der Waals surface area (Å²) < 4.78 is 28.4. The van der Waals surface area contributed by atoms with Crippen LogP contribution in [0.5, 0.6) is 0 Å². The summed E-state index contributed by atoms with van der Waals surface area (Å²) in [4.78, 5) is 9.46. The van der Waals surface area contributed by atoms with E-state index in [-0.39, 0.29) is 11.0 Å². The summed E-state index contributed by atoms with van der Waals surface area (Å²) in [6.07, 6.45) is 7.27. The van der Waals surface area contributed by atoms with Crippen LogP contribution in [-0.4, -0.2) is 53.0 Å². The molecule has 1 saturated carbocycles. The molecular formula is C23H32N6O3S. The van der Waals surface area contributed by atoms with Gasteiger partial charge in [0, 0.05) is 24.8 Å². The lowest BCUT2D eigenvalue weighted by Gasteiger charge is -2.25. The molecule has 2 heterocycles. The molecule has 0 atom stereocenters. The zero-order valence-electron chi connectivity index (χ0n) is 19.2. The van der Waals surface area contributed by atoms with E-state index in [0.717, 1.165) is 73.9 Å². The molecule has 0 spiro atoms. The van der Waals surface area contributed by atoms with Crippen LogP contribution < -0.4 is 10.0 Å². The average Bonchev–Trinajstić information content (AvgIpc) is 3.18. The monoisotopic (exact) mass is 472 g/mol. The van der Waals surface area contributed by atoms with Crippen molar-refractivity contribution >= 4 is 27.0 Å². The van der Waals surface area contributed by atoms with Gasteiger partial charge in [-0.3, -0.25) is 0 Å². The summed E-state index contributed by atoms with van der Waals surface area (Å²) in [5, 5.41) is 18.9. The number of anilines is 1. The Morgan fingerprint density at radius 2 is 1.88 bits per heavy atom. The van der Waals surface area contributed by atoms with Crippen LogP contribution in [-0.2, 0) is 16.6 Å². The fraction of sp³-hybridized carbons (Fsp3) is 0.522. The maximum absolute atomic E-state index is 12.1. The van der Waals surface area contributed by atoms with E-state index in [1.165, 1.54) is 7.05 Å². The third-order valence-corrected chi connectivity index (χ3v) is 7.69. The number of hydrogen-bond donors (Lipinski definition) is 3. The van der Waals surface area contributed by atoms with Gasteiger partial charge in [0.15, 0.2) is 5.65 Å². The van der Waals surface area contributed by atoms with Gasteiger partial charge in [-0.05, 0) is 57.2 Å². The number of unbranched alkanes of at least 4 members (excludes halogenated alkanes) is 1. The van der Waals surface area contributed by atoms with Gasteiger partial charge in [0.1, 0.15) is 5.69 Å². The minimum absolute atomic E-state index is 0.199. The van der Waals surface area contributed by atoms with E-state index in [1.54, 1.807) is 30.5 Å². The van der Waals surface area contributed by atoms with E-state index in [9.17, 15) is 13.5 Å². The summed E-state index contributed by atoms with van der Waals surface area (Å²) in [5.74, 6) is 1.01. The highest BCUT2D eigenvalue weighted by Gasteiger charge is 2.23. The number of aliphatic hydroxyl groups is 1. The number of fused-ring (bicyclic) bond motifs is 1. The zero-order valence-corrected chi connectivity index (χ0v) is 20.0. The fourth-order valence-corrected chi connectivity index (χ4v) is 4.97. The van der Waals surface area contributed by atoms with Crippen LogP contribution in [0.2, 0.25) is 0 Å². The summed E-state index contributed by atoms with van der Waals surface area (Å²) in [7, 11) is -2.11. The van der Waals surface area contributed by atoms with Gasteiger partial charge in [0.25, 0.3) is 0 Å². The number of benzene rings is 1. The fourth-order valence-electron chi connectivity index (χ4n) is 4.24. The van der Waals surface area contributed by atoms with Crippen LogP contribution in [0.4, 0.5) is 5.95 Å². The number of hydrogen-bond acceptors (Lipinski definition) is 7. The van der Waals surface area contributed by atoms with Crippen LogP contribution in [0, 0.1) is 5.92 Å². The standard InChI is InChI=1S/C23H32N6O3S/c1-3-4-13-25-23-26-14-20-21(17-7-11-19(12-8-17)33(31,32)24-2)28-29(22(20)27-23)15-16-5-9-18(30)10-6-16/h7-8,11-12,14,16,18,24,30H,3-6,9-10,13,15H2,1-2H3,(H,25,26,27)/t16-,18-. The smallest absolute Gasteiger partial charge is 0.240 e. The maximum atomic E-state index is 12.1. The molecule has 1 aliphatic carbocycles. The van der Waals surface area contributed by atoms with Crippen molar-refractivity contribution in [3.05, 3.63) is 30.5 Å². The quantitative estimate of drug-likeness (QED) is 0.409. The van der Waals surface area contributed by atoms with Crippen LogP contribution in [0.25, 0.3) is 22.3 Å².